The highest BCUT2D eigenvalue weighted by atomic mass is 32.1. The summed E-state index contributed by atoms with van der Waals surface area (Å²) >= 11 is 1.47. The fraction of sp³-hybridized carbons (Fsp3) is 0.417. The molecule has 0 spiro atoms. The summed E-state index contributed by atoms with van der Waals surface area (Å²) in [5.74, 6) is 1.91. The van der Waals surface area contributed by atoms with E-state index < -0.39 is 0 Å². The van der Waals surface area contributed by atoms with Crippen LogP contribution in [-0.4, -0.2) is 43.6 Å². The standard InChI is InChI=1S/C24H32N4O3S/c1-4-6-14-31-21-15-17(7-9-20(21)30-3)24(29)27-13-12-26-23-19-16-18(25-11-5-2)8-10-22(19)32-28-23/h7-10,15-16,25H,4-6,11-14H2,1-3H3,(H,26,28)(H,27,29). The van der Waals surface area contributed by atoms with Gasteiger partial charge in [-0.15, -0.1) is 0 Å². The molecule has 0 bridgehead atoms. The first kappa shape index (κ1) is 23.7. The second-order valence-electron chi connectivity index (χ2n) is 7.42. The number of fused-ring (bicyclic) bond motifs is 1. The van der Waals surface area contributed by atoms with Gasteiger partial charge >= 0.3 is 0 Å². The predicted octanol–water partition coefficient (Wildman–Crippen LogP) is 5.15. The monoisotopic (exact) mass is 456 g/mol. The highest BCUT2D eigenvalue weighted by Crippen LogP contribution is 2.30. The topological polar surface area (TPSA) is 84.5 Å². The van der Waals surface area contributed by atoms with Crippen LogP contribution in [0, 0.1) is 0 Å². The number of benzene rings is 2. The summed E-state index contributed by atoms with van der Waals surface area (Å²) < 4.78 is 16.8. The summed E-state index contributed by atoms with van der Waals surface area (Å²) in [7, 11) is 1.60. The SMILES string of the molecule is CCCCOc1cc(C(=O)NCCNc2nsc3ccc(NCCC)cc23)ccc1OC. The van der Waals surface area contributed by atoms with Crippen LogP contribution in [0.2, 0.25) is 0 Å². The highest BCUT2D eigenvalue weighted by molar-refractivity contribution is 7.13. The van der Waals surface area contributed by atoms with Crippen LogP contribution in [0.15, 0.2) is 36.4 Å². The zero-order valence-corrected chi connectivity index (χ0v) is 19.8. The third kappa shape index (κ3) is 6.26. The Labute approximate surface area is 193 Å². The molecule has 0 unspecified atom stereocenters. The molecule has 0 saturated carbocycles. The Bertz CT molecular complexity index is 1020. The maximum Gasteiger partial charge on any atom is 0.251 e. The molecule has 2 aromatic carbocycles. The number of methoxy groups -OCH3 is 1. The summed E-state index contributed by atoms with van der Waals surface area (Å²) in [6.45, 7) is 6.84. The molecular weight excluding hydrogens is 424 g/mol. The van der Waals surface area contributed by atoms with Gasteiger partial charge in [0, 0.05) is 36.3 Å². The maximum atomic E-state index is 12.6. The molecule has 0 aliphatic carbocycles. The van der Waals surface area contributed by atoms with Crippen LogP contribution in [0.25, 0.3) is 10.1 Å². The highest BCUT2D eigenvalue weighted by Gasteiger charge is 2.12. The average molecular weight is 457 g/mol. The molecule has 172 valence electrons. The van der Waals surface area contributed by atoms with Crippen LogP contribution in [0.3, 0.4) is 0 Å². The van der Waals surface area contributed by atoms with Crippen LogP contribution in [-0.2, 0) is 0 Å². The smallest absolute Gasteiger partial charge is 0.251 e. The fourth-order valence-electron chi connectivity index (χ4n) is 3.16. The van der Waals surface area contributed by atoms with Gasteiger partial charge in [-0.2, -0.15) is 4.37 Å². The Hall–Kier alpha value is -3.00. The lowest BCUT2D eigenvalue weighted by atomic mass is 10.2. The van der Waals surface area contributed by atoms with Gasteiger partial charge in [-0.05, 0) is 60.8 Å². The van der Waals surface area contributed by atoms with E-state index in [-0.39, 0.29) is 5.91 Å². The van der Waals surface area contributed by atoms with Crippen molar-refractivity contribution in [1.29, 1.82) is 0 Å². The van der Waals surface area contributed by atoms with E-state index in [1.807, 2.05) is 0 Å². The van der Waals surface area contributed by atoms with E-state index in [1.54, 1.807) is 25.3 Å². The molecule has 0 atom stereocenters. The third-order valence-corrected chi connectivity index (χ3v) is 5.76. The van der Waals surface area contributed by atoms with E-state index in [1.165, 1.54) is 11.5 Å². The normalized spacial score (nSPS) is 10.7. The molecule has 0 radical (unpaired) electrons. The quantitative estimate of drug-likeness (QED) is 0.309. The van der Waals surface area contributed by atoms with Gasteiger partial charge in [0.15, 0.2) is 11.5 Å². The van der Waals surface area contributed by atoms with E-state index in [2.05, 4.69) is 52.4 Å². The molecule has 7 nitrogen and oxygen atoms in total. The van der Waals surface area contributed by atoms with Gasteiger partial charge in [-0.25, -0.2) is 0 Å². The van der Waals surface area contributed by atoms with Crippen molar-refractivity contribution in [2.75, 3.05) is 44.0 Å². The van der Waals surface area contributed by atoms with Gasteiger partial charge in [0.05, 0.1) is 18.4 Å². The number of amides is 1. The minimum absolute atomic E-state index is 0.149. The predicted molar refractivity (Wildman–Crippen MR) is 133 cm³/mol. The van der Waals surface area contributed by atoms with E-state index in [0.717, 1.165) is 47.4 Å². The molecular formula is C24H32N4O3S. The minimum atomic E-state index is -0.149. The summed E-state index contributed by atoms with van der Waals surface area (Å²) in [6.07, 6.45) is 3.07. The van der Waals surface area contributed by atoms with Crippen molar-refractivity contribution >= 4 is 39.0 Å². The number of hydrogen-bond donors (Lipinski definition) is 3. The van der Waals surface area contributed by atoms with Gasteiger partial charge in [-0.3, -0.25) is 4.79 Å². The lowest BCUT2D eigenvalue weighted by Crippen LogP contribution is -2.28. The van der Waals surface area contributed by atoms with Gasteiger partial charge in [0.25, 0.3) is 5.91 Å². The van der Waals surface area contributed by atoms with E-state index >= 15 is 0 Å². The molecule has 3 aromatic rings. The number of ether oxygens (including phenoxy) is 2. The van der Waals surface area contributed by atoms with Gasteiger partial charge in [0.1, 0.15) is 5.82 Å². The molecule has 0 saturated heterocycles. The van der Waals surface area contributed by atoms with Crippen molar-refractivity contribution in [3.8, 4) is 11.5 Å². The fourth-order valence-corrected chi connectivity index (χ4v) is 3.90. The number of anilines is 2. The molecule has 1 amide bonds. The number of rotatable bonds is 13. The van der Waals surface area contributed by atoms with Crippen molar-refractivity contribution in [1.82, 2.24) is 9.69 Å². The Morgan fingerprint density at radius 3 is 2.66 bits per heavy atom. The Kier molecular flexibility index (Phi) is 8.98. The van der Waals surface area contributed by atoms with Crippen molar-refractivity contribution in [3.63, 3.8) is 0 Å². The summed E-state index contributed by atoms with van der Waals surface area (Å²) in [4.78, 5) is 12.6. The number of hydrogen-bond acceptors (Lipinski definition) is 7. The number of unbranched alkanes of at least 4 members (excludes halogenated alkanes) is 1. The summed E-state index contributed by atoms with van der Waals surface area (Å²) in [5, 5.41) is 10.8. The minimum Gasteiger partial charge on any atom is -0.493 e. The van der Waals surface area contributed by atoms with E-state index in [4.69, 9.17) is 9.47 Å². The van der Waals surface area contributed by atoms with Crippen LogP contribution in [0.1, 0.15) is 43.5 Å². The lowest BCUT2D eigenvalue weighted by Gasteiger charge is -2.12. The van der Waals surface area contributed by atoms with Crippen LogP contribution in [0.5, 0.6) is 11.5 Å². The second kappa shape index (κ2) is 12.1. The Morgan fingerprint density at radius 1 is 1.00 bits per heavy atom. The molecule has 3 N–H and O–H groups in total. The first-order valence-electron chi connectivity index (χ1n) is 11.1. The van der Waals surface area contributed by atoms with Crippen LogP contribution < -0.4 is 25.4 Å². The zero-order chi connectivity index (χ0) is 22.8. The largest absolute Gasteiger partial charge is 0.493 e. The van der Waals surface area contributed by atoms with Crippen molar-refractivity contribution < 1.29 is 14.3 Å². The first-order chi connectivity index (χ1) is 15.7. The molecule has 0 aliphatic heterocycles. The maximum absolute atomic E-state index is 12.6. The average Bonchev–Trinajstić information content (AvgIpc) is 3.22. The Balaban J connectivity index is 1.54. The molecule has 8 heteroatoms. The molecule has 0 fully saturated rings. The molecule has 1 aromatic heterocycles. The zero-order valence-electron chi connectivity index (χ0n) is 19.0. The van der Waals surface area contributed by atoms with Crippen molar-refractivity contribution in [2.45, 2.75) is 33.1 Å². The van der Waals surface area contributed by atoms with E-state index in [9.17, 15) is 4.79 Å². The number of nitrogens with one attached hydrogen (secondary N) is 3. The number of aromatic nitrogens is 1. The van der Waals surface area contributed by atoms with Gasteiger partial charge < -0.3 is 25.4 Å². The summed E-state index contributed by atoms with van der Waals surface area (Å²) in [6, 6.07) is 11.5. The summed E-state index contributed by atoms with van der Waals surface area (Å²) in [5.41, 5.74) is 1.63. The van der Waals surface area contributed by atoms with Gasteiger partial charge in [0.2, 0.25) is 0 Å². The van der Waals surface area contributed by atoms with Crippen molar-refractivity contribution in [2.24, 2.45) is 0 Å². The first-order valence-corrected chi connectivity index (χ1v) is 11.9. The molecule has 0 aliphatic rings. The van der Waals surface area contributed by atoms with E-state index in [0.29, 0.717) is 36.8 Å². The number of carbonyl (C=O) groups is 1. The third-order valence-electron chi connectivity index (χ3n) is 4.93. The number of nitrogens with zero attached hydrogens (tertiary/aromatic N) is 1. The molecule has 3 rings (SSSR count). The second-order valence-corrected chi connectivity index (χ2v) is 8.22. The number of carbonyl (C=O) groups excluding carboxylic acids is 1. The molecule has 1 heterocycles. The van der Waals surface area contributed by atoms with Crippen LogP contribution >= 0.6 is 11.5 Å². The molecule has 32 heavy (non-hydrogen) atoms. The van der Waals surface area contributed by atoms with Crippen molar-refractivity contribution in [3.05, 3.63) is 42.0 Å². The lowest BCUT2D eigenvalue weighted by molar-refractivity contribution is 0.0954. The van der Waals surface area contributed by atoms with Gasteiger partial charge in [-0.1, -0.05) is 20.3 Å². The Morgan fingerprint density at radius 2 is 1.88 bits per heavy atom. The van der Waals surface area contributed by atoms with Crippen LogP contribution in [0.4, 0.5) is 11.5 Å².